The highest BCUT2D eigenvalue weighted by atomic mass is 79.9. The summed E-state index contributed by atoms with van der Waals surface area (Å²) in [6.07, 6.45) is 1.82. The summed E-state index contributed by atoms with van der Waals surface area (Å²) in [5.74, 6) is 2.27. The quantitative estimate of drug-likeness (QED) is 0.343. The van der Waals surface area contributed by atoms with Crippen molar-refractivity contribution in [3.63, 3.8) is 0 Å². The smallest absolute Gasteiger partial charge is 0.161 e. The van der Waals surface area contributed by atoms with Crippen molar-refractivity contribution in [1.82, 2.24) is 0 Å². The highest BCUT2D eigenvalue weighted by Gasteiger charge is 2.07. The second kappa shape index (κ2) is 10.7. The molecule has 5 heteroatoms. The third kappa shape index (κ3) is 6.36. The average Bonchev–Trinajstić information content (AvgIpc) is 2.74. The molecule has 0 radical (unpaired) electrons. The van der Waals surface area contributed by atoms with Gasteiger partial charge in [0.25, 0.3) is 0 Å². The number of rotatable bonds is 9. The summed E-state index contributed by atoms with van der Waals surface area (Å²) in [5, 5.41) is 0. The van der Waals surface area contributed by atoms with E-state index in [0.29, 0.717) is 31.3 Å². The molecule has 29 heavy (non-hydrogen) atoms. The molecule has 3 aromatic rings. The second-order valence-corrected chi connectivity index (χ2v) is 7.16. The van der Waals surface area contributed by atoms with Crippen LogP contribution in [0.5, 0.6) is 17.2 Å². The van der Waals surface area contributed by atoms with Crippen molar-refractivity contribution in [3.05, 3.63) is 82.3 Å². The lowest BCUT2D eigenvalue weighted by molar-refractivity contribution is 0.269. The lowest BCUT2D eigenvalue weighted by Crippen LogP contribution is -2.00. The first-order chi connectivity index (χ1) is 14.2. The number of ether oxygens (including phenoxy) is 3. The zero-order chi connectivity index (χ0) is 20.5. The molecular formula is C24H24BrNO3. The van der Waals surface area contributed by atoms with Gasteiger partial charge >= 0.3 is 0 Å². The Morgan fingerprint density at radius 3 is 2.21 bits per heavy atom. The molecule has 4 nitrogen and oxygen atoms in total. The summed E-state index contributed by atoms with van der Waals surface area (Å²) in [4.78, 5) is 4.53. The van der Waals surface area contributed by atoms with E-state index in [1.54, 1.807) is 0 Å². The molecule has 0 atom stereocenters. The van der Waals surface area contributed by atoms with Crippen molar-refractivity contribution in [1.29, 1.82) is 0 Å². The zero-order valence-electron chi connectivity index (χ0n) is 16.6. The highest BCUT2D eigenvalue weighted by Crippen LogP contribution is 2.29. The number of hydrogen-bond acceptors (Lipinski definition) is 4. The highest BCUT2D eigenvalue weighted by molar-refractivity contribution is 9.10. The first kappa shape index (κ1) is 20.9. The lowest BCUT2D eigenvalue weighted by atomic mass is 10.2. The predicted molar refractivity (Wildman–Crippen MR) is 121 cm³/mol. The number of benzene rings is 3. The van der Waals surface area contributed by atoms with Crippen molar-refractivity contribution in [2.75, 3.05) is 13.2 Å². The van der Waals surface area contributed by atoms with Gasteiger partial charge in [0, 0.05) is 10.7 Å². The summed E-state index contributed by atoms with van der Waals surface area (Å²) in [7, 11) is 0. The monoisotopic (exact) mass is 453 g/mol. The van der Waals surface area contributed by atoms with E-state index in [0.717, 1.165) is 27.0 Å². The van der Waals surface area contributed by atoms with Crippen LogP contribution in [0.25, 0.3) is 0 Å². The van der Waals surface area contributed by atoms with Gasteiger partial charge in [-0.3, -0.25) is 4.99 Å². The van der Waals surface area contributed by atoms with Crippen LogP contribution >= 0.6 is 15.9 Å². The van der Waals surface area contributed by atoms with Crippen molar-refractivity contribution in [3.8, 4) is 17.2 Å². The molecule has 0 unspecified atom stereocenters. The van der Waals surface area contributed by atoms with Gasteiger partial charge < -0.3 is 14.2 Å². The van der Waals surface area contributed by atoms with Gasteiger partial charge in [0.15, 0.2) is 11.5 Å². The fraction of sp³-hybridized carbons (Fsp3) is 0.208. The third-order valence-corrected chi connectivity index (χ3v) is 4.61. The van der Waals surface area contributed by atoms with Gasteiger partial charge in [-0.05, 0) is 79.6 Å². The van der Waals surface area contributed by atoms with Gasteiger partial charge in [0.05, 0.1) is 18.9 Å². The van der Waals surface area contributed by atoms with Crippen molar-refractivity contribution in [2.45, 2.75) is 20.5 Å². The first-order valence-electron chi connectivity index (χ1n) is 9.59. The maximum absolute atomic E-state index is 5.97. The molecule has 0 heterocycles. The molecule has 0 amide bonds. The van der Waals surface area contributed by atoms with Crippen molar-refractivity contribution >= 4 is 27.8 Å². The minimum absolute atomic E-state index is 0.479. The summed E-state index contributed by atoms with van der Waals surface area (Å²) in [6, 6.07) is 21.6. The normalized spacial score (nSPS) is 10.9. The van der Waals surface area contributed by atoms with Crippen molar-refractivity contribution < 1.29 is 14.2 Å². The summed E-state index contributed by atoms with van der Waals surface area (Å²) in [6.45, 7) is 5.62. The topological polar surface area (TPSA) is 40.0 Å². The summed E-state index contributed by atoms with van der Waals surface area (Å²) in [5.41, 5.74) is 2.90. The van der Waals surface area contributed by atoms with E-state index in [-0.39, 0.29) is 0 Å². The molecule has 0 spiro atoms. The molecule has 3 rings (SSSR count). The fourth-order valence-electron chi connectivity index (χ4n) is 2.68. The minimum Gasteiger partial charge on any atom is -0.494 e. The SMILES string of the molecule is CCOc1ccc(N=Cc2ccc(OCc3ccc(Br)cc3)c(OCC)c2)cc1. The number of nitrogens with zero attached hydrogens (tertiary/aromatic N) is 1. The van der Waals surface area contributed by atoms with Crippen LogP contribution in [0.15, 0.2) is 76.2 Å². The summed E-state index contributed by atoms with van der Waals surface area (Å²) < 4.78 is 18.2. The Hall–Kier alpha value is -2.79. The maximum Gasteiger partial charge on any atom is 0.161 e. The standard InChI is InChI=1S/C24H24BrNO3/c1-3-27-22-12-10-21(11-13-22)26-16-19-7-14-23(24(15-19)28-4-2)29-17-18-5-8-20(25)9-6-18/h5-16H,3-4,17H2,1-2H3. The molecule has 3 aromatic carbocycles. The van der Waals surface area contributed by atoms with Gasteiger partial charge in [-0.2, -0.15) is 0 Å². The number of halogens is 1. The van der Waals surface area contributed by atoms with Crippen LogP contribution < -0.4 is 14.2 Å². The van der Waals surface area contributed by atoms with E-state index in [2.05, 4.69) is 20.9 Å². The van der Waals surface area contributed by atoms with E-state index in [9.17, 15) is 0 Å². The Balaban J connectivity index is 1.70. The molecule has 0 bridgehead atoms. The summed E-state index contributed by atoms with van der Waals surface area (Å²) >= 11 is 3.44. The molecule has 0 saturated heterocycles. The van der Waals surface area contributed by atoms with Gasteiger partial charge in [-0.15, -0.1) is 0 Å². The molecule has 150 valence electrons. The number of hydrogen-bond donors (Lipinski definition) is 0. The van der Waals surface area contributed by atoms with Crippen LogP contribution in [0.1, 0.15) is 25.0 Å². The number of aliphatic imine (C=N–C) groups is 1. The molecule has 0 aliphatic carbocycles. The average molecular weight is 454 g/mol. The van der Waals surface area contributed by atoms with Crippen LogP contribution in [0, 0.1) is 0 Å². The third-order valence-electron chi connectivity index (χ3n) is 4.09. The Kier molecular flexibility index (Phi) is 7.70. The van der Waals surface area contributed by atoms with Crippen LogP contribution in [-0.2, 0) is 6.61 Å². The van der Waals surface area contributed by atoms with E-state index in [1.807, 2.05) is 86.8 Å². The van der Waals surface area contributed by atoms with Crippen LogP contribution in [-0.4, -0.2) is 19.4 Å². The van der Waals surface area contributed by atoms with Gasteiger partial charge in [0.1, 0.15) is 12.4 Å². The Morgan fingerprint density at radius 1 is 0.793 bits per heavy atom. The largest absolute Gasteiger partial charge is 0.494 e. The molecular weight excluding hydrogens is 430 g/mol. The van der Waals surface area contributed by atoms with E-state index < -0.39 is 0 Å². The molecule has 0 aliphatic heterocycles. The predicted octanol–water partition coefficient (Wildman–Crippen LogP) is 6.58. The lowest BCUT2D eigenvalue weighted by Gasteiger charge is -2.12. The Bertz CT molecular complexity index is 937. The molecule has 0 N–H and O–H groups in total. The van der Waals surface area contributed by atoms with Crippen LogP contribution in [0.2, 0.25) is 0 Å². The van der Waals surface area contributed by atoms with Gasteiger partial charge in [-0.25, -0.2) is 0 Å². The fourth-order valence-corrected chi connectivity index (χ4v) is 2.94. The van der Waals surface area contributed by atoms with E-state index in [4.69, 9.17) is 14.2 Å². The van der Waals surface area contributed by atoms with Gasteiger partial charge in [0.2, 0.25) is 0 Å². The molecule has 0 aliphatic rings. The second-order valence-electron chi connectivity index (χ2n) is 6.24. The molecule has 0 saturated carbocycles. The zero-order valence-corrected chi connectivity index (χ0v) is 18.2. The van der Waals surface area contributed by atoms with Crippen LogP contribution in [0.4, 0.5) is 5.69 Å². The van der Waals surface area contributed by atoms with E-state index in [1.165, 1.54) is 0 Å². The van der Waals surface area contributed by atoms with Crippen molar-refractivity contribution in [2.24, 2.45) is 4.99 Å². The van der Waals surface area contributed by atoms with Gasteiger partial charge in [-0.1, -0.05) is 28.1 Å². The van der Waals surface area contributed by atoms with E-state index >= 15 is 0 Å². The first-order valence-corrected chi connectivity index (χ1v) is 10.4. The Labute approximate surface area is 180 Å². The Morgan fingerprint density at radius 2 is 1.52 bits per heavy atom. The maximum atomic E-state index is 5.97. The molecule has 0 aromatic heterocycles. The molecule has 0 fully saturated rings. The van der Waals surface area contributed by atoms with Crippen LogP contribution in [0.3, 0.4) is 0 Å². The minimum atomic E-state index is 0.479.